The van der Waals surface area contributed by atoms with Crippen LogP contribution < -0.4 is 27.5 Å². The first-order chi connectivity index (χ1) is 16.2. The molecule has 0 aliphatic heterocycles. The molecular weight excluding hydrogens is 479 g/mol. The Balaban J connectivity index is 2.47. The van der Waals surface area contributed by atoms with Crippen molar-refractivity contribution in [2.24, 2.45) is 5.73 Å². The molecule has 1 aromatic heterocycles. The number of hydrogen-bond acceptors (Lipinski definition) is 5. The fourth-order valence-corrected chi connectivity index (χ4v) is 3.79. The summed E-state index contributed by atoms with van der Waals surface area (Å²) in [6.07, 6.45) is -5.66. The van der Waals surface area contributed by atoms with E-state index in [1.807, 2.05) is 0 Å². The van der Waals surface area contributed by atoms with Crippen molar-refractivity contribution in [3.63, 3.8) is 0 Å². The second-order valence-electron chi connectivity index (χ2n) is 8.48. The first-order valence-corrected chi connectivity index (χ1v) is 10.1. The molecule has 1 atom stereocenters. The lowest BCUT2D eigenvalue weighted by Gasteiger charge is -2.29. The molecule has 0 aliphatic rings. The van der Waals surface area contributed by atoms with Gasteiger partial charge < -0.3 is 10.5 Å². The summed E-state index contributed by atoms with van der Waals surface area (Å²) in [5.41, 5.74) is -2.90. The third kappa shape index (κ3) is 5.19. The number of hydrogen-bond donors (Lipinski definition) is 3. The van der Waals surface area contributed by atoms with E-state index in [4.69, 9.17) is 10.5 Å². The van der Waals surface area contributed by atoms with Gasteiger partial charge in [-0.25, -0.2) is 27.7 Å². The minimum absolute atomic E-state index is 0.245. The van der Waals surface area contributed by atoms with Crippen molar-refractivity contribution in [2.75, 3.05) is 7.11 Å². The molecule has 4 N–H and O–H groups in total. The zero-order valence-corrected chi connectivity index (χ0v) is 18.7. The minimum Gasteiger partial charge on any atom is -0.494 e. The number of benzene rings is 2. The van der Waals surface area contributed by atoms with Crippen LogP contribution in [0.1, 0.15) is 37.4 Å². The highest BCUT2D eigenvalue weighted by Gasteiger charge is 2.40. The van der Waals surface area contributed by atoms with Crippen molar-refractivity contribution >= 4 is 0 Å². The number of H-pyrrole nitrogens is 2. The average Bonchev–Trinajstić information content (AvgIpc) is 2.71. The molecule has 3 aromatic rings. The van der Waals surface area contributed by atoms with Crippen molar-refractivity contribution in [2.45, 2.75) is 38.0 Å². The Morgan fingerprint density at radius 1 is 0.971 bits per heavy atom. The van der Waals surface area contributed by atoms with Gasteiger partial charge in [0.05, 0.1) is 18.7 Å². The SMILES string of the molecule is COc1cccc(-c2ccc(C(F)(F)F)c(C(CC(C)(C)N)n3c(=O)[nH]c(=O)[nH]c3=O)c2F)c1F. The smallest absolute Gasteiger partial charge is 0.416 e. The number of aromatic nitrogens is 3. The zero-order valence-electron chi connectivity index (χ0n) is 18.7. The molecule has 188 valence electrons. The van der Waals surface area contributed by atoms with E-state index in [9.17, 15) is 31.9 Å². The van der Waals surface area contributed by atoms with Gasteiger partial charge in [-0.3, -0.25) is 9.97 Å². The van der Waals surface area contributed by atoms with Crippen molar-refractivity contribution in [1.82, 2.24) is 14.5 Å². The average molecular weight is 500 g/mol. The van der Waals surface area contributed by atoms with Gasteiger partial charge in [-0.15, -0.1) is 0 Å². The number of nitrogens with zero attached hydrogens (tertiary/aromatic N) is 1. The fraction of sp³-hybridized carbons (Fsp3) is 0.318. The molecule has 13 heteroatoms. The number of rotatable bonds is 6. The molecule has 0 bridgehead atoms. The predicted octanol–water partition coefficient (Wildman–Crippen LogP) is 2.91. The monoisotopic (exact) mass is 500 g/mol. The van der Waals surface area contributed by atoms with Crippen LogP contribution in [0.3, 0.4) is 0 Å². The summed E-state index contributed by atoms with van der Waals surface area (Å²) in [6.45, 7) is 2.78. The van der Waals surface area contributed by atoms with Crippen molar-refractivity contribution in [1.29, 1.82) is 0 Å². The summed E-state index contributed by atoms with van der Waals surface area (Å²) < 4.78 is 78.0. The second kappa shape index (κ2) is 9.13. The zero-order chi connectivity index (χ0) is 26.3. The van der Waals surface area contributed by atoms with E-state index in [-0.39, 0.29) is 10.3 Å². The minimum atomic E-state index is -5.13. The molecular formula is C22H21F5N4O4. The molecule has 8 nitrogen and oxygen atoms in total. The van der Waals surface area contributed by atoms with E-state index < -0.39 is 75.1 Å². The molecule has 0 saturated heterocycles. The van der Waals surface area contributed by atoms with E-state index >= 15 is 4.39 Å². The maximum absolute atomic E-state index is 16.0. The summed E-state index contributed by atoms with van der Waals surface area (Å²) in [6, 6.07) is 3.02. The Bertz CT molecular complexity index is 1400. The summed E-state index contributed by atoms with van der Waals surface area (Å²) >= 11 is 0. The molecule has 0 fully saturated rings. The maximum atomic E-state index is 16.0. The van der Waals surface area contributed by atoms with E-state index in [0.717, 1.165) is 19.2 Å². The van der Waals surface area contributed by atoms with Crippen LogP contribution in [0.5, 0.6) is 5.75 Å². The number of nitrogens with two attached hydrogens (primary N) is 1. The summed E-state index contributed by atoms with van der Waals surface area (Å²) in [4.78, 5) is 39.9. The van der Waals surface area contributed by atoms with Gasteiger partial charge >= 0.3 is 23.2 Å². The van der Waals surface area contributed by atoms with E-state index in [0.29, 0.717) is 6.07 Å². The van der Waals surface area contributed by atoms with Crippen LogP contribution in [0, 0.1) is 11.6 Å². The highest BCUT2D eigenvalue weighted by atomic mass is 19.4. The van der Waals surface area contributed by atoms with Crippen LogP contribution in [0.2, 0.25) is 0 Å². The standard InChI is InChI=1S/C22H21F5N4O4/c1-21(2,28)9-13(31-19(33)29-18(32)30-20(31)34)15-12(22(25,26)27)8-7-11(17(15)24)10-5-4-6-14(35-3)16(10)23/h4-8,13H,9,28H2,1-3H3,(H2,29,30,32,33,34). The van der Waals surface area contributed by atoms with Gasteiger partial charge in [-0.2, -0.15) is 13.2 Å². The molecule has 3 rings (SSSR count). The first-order valence-electron chi connectivity index (χ1n) is 10.1. The lowest BCUT2D eigenvalue weighted by molar-refractivity contribution is -0.138. The Morgan fingerprint density at radius 2 is 1.54 bits per heavy atom. The van der Waals surface area contributed by atoms with Gasteiger partial charge in [0.25, 0.3) is 0 Å². The van der Waals surface area contributed by atoms with E-state index in [2.05, 4.69) is 0 Å². The number of methoxy groups -OCH3 is 1. The van der Waals surface area contributed by atoms with Gasteiger partial charge in [-0.05, 0) is 32.4 Å². The lowest BCUT2D eigenvalue weighted by Crippen LogP contribution is -2.48. The number of alkyl halides is 3. The molecule has 1 unspecified atom stereocenters. The molecule has 2 aromatic carbocycles. The Kier molecular flexibility index (Phi) is 6.75. The van der Waals surface area contributed by atoms with Crippen molar-refractivity contribution in [3.05, 3.63) is 84.5 Å². The normalized spacial score (nSPS) is 13.1. The number of nitrogens with one attached hydrogen (secondary N) is 2. The van der Waals surface area contributed by atoms with Crippen LogP contribution in [0.15, 0.2) is 44.7 Å². The van der Waals surface area contributed by atoms with Gasteiger partial charge in [0.1, 0.15) is 5.82 Å². The number of halogens is 5. The lowest BCUT2D eigenvalue weighted by atomic mass is 9.86. The van der Waals surface area contributed by atoms with Gasteiger partial charge in [0, 0.05) is 22.2 Å². The molecule has 0 amide bonds. The van der Waals surface area contributed by atoms with Crippen LogP contribution in [-0.4, -0.2) is 27.2 Å². The molecule has 0 saturated carbocycles. The Hall–Kier alpha value is -3.74. The van der Waals surface area contributed by atoms with Crippen molar-refractivity contribution < 1.29 is 26.7 Å². The van der Waals surface area contributed by atoms with E-state index in [1.165, 1.54) is 26.0 Å². The number of aromatic amines is 2. The molecule has 1 heterocycles. The maximum Gasteiger partial charge on any atom is 0.416 e. The van der Waals surface area contributed by atoms with Gasteiger partial charge in [0.2, 0.25) is 0 Å². The Labute approximate surface area is 194 Å². The third-order valence-electron chi connectivity index (χ3n) is 5.20. The summed E-state index contributed by atoms with van der Waals surface area (Å²) in [5.74, 6) is -2.84. The van der Waals surface area contributed by atoms with Gasteiger partial charge in [-0.1, -0.05) is 18.2 Å². The highest BCUT2D eigenvalue weighted by molar-refractivity contribution is 5.69. The fourth-order valence-electron chi connectivity index (χ4n) is 3.79. The van der Waals surface area contributed by atoms with Crippen molar-refractivity contribution in [3.8, 4) is 16.9 Å². The topological polar surface area (TPSA) is 123 Å². The third-order valence-corrected chi connectivity index (χ3v) is 5.20. The molecule has 0 aliphatic carbocycles. The van der Waals surface area contributed by atoms with Gasteiger partial charge in [0.15, 0.2) is 11.6 Å². The molecule has 0 spiro atoms. The summed E-state index contributed by atoms with van der Waals surface area (Å²) in [7, 11) is 1.16. The Morgan fingerprint density at radius 3 is 2.06 bits per heavy atom. The van der Waals surface area contributed by atoms with E-state index in [1.54, 1.807) is 9.97 Å². The first kappa shape index (κ1) is 25.9. The van der Waals surface area contributed by atoms with Crippen LogP contribution in [0.4, 0.5) is 22.0 Å². The van der Waals surface area contributed by atoms with Crippen LogP contribution >= 0.6 is 0 Å². The second-order valence-corrected chi connectivity index (χ2v) is 8.48. The molecule has 35 heavy (non-hydrogen) atoms. The largest absolute Gasteiger partial charge is 0.494 e. The predicted molar refractivity (Wildman–Crippen MR) is 116 cm³/mol. The van der Waals surface area contributed by atoms with Crippen LogP contribution in [-0.2, 0) is 6.18 Å². The quantitative estimate of drug-likeness (QED) is 0.449. The number of ether oxygens (including phenoxy) is 1. The van der Waals surface area contributed by atoms with Crippen LogP contribution in [0.25, 0.3) is 11.1 Å². The highest BCUT2D eigenvalue weighted by Crippen LogP contribution is 2.42. The molecule has 0 radical (unpaired) electrons. The summed E-state index contributed by atoms with van der Waals surface area (Å²) in [5, 5.41) is 0.